The Bertz CT molecular complexity index is 637. The molecule has 1 aliphatic rings. The van der Waals surface area contributed by atoms with Crippen molar-refractivity contribution in [1.29, 1.82) is 0 Å². The minimum Gasteiger partial charge on any atom is -0.497 e. The summed E-state index contributed by atoms with van der Waals surface area (Å²) in [5, 5.41) is 2.92. The van der Waals surface area contributed by atoms with Gasteiger partial charge in [0.05, 0.1) is 25.8 Å². The molecule has 1 N–H and O–H groups in total. The summed E-state index contributed by atoms with van der Waals surface area (Å²) in [7, 11) is 3.13. The van der Waals surface area contributed by atoms with Crippen LogP contribution in [-0.2, 0) is 9.59 Å². The molecule has 25 heavy (non-hydrogen) atoms. The maximum absolute atomic E-state index is 12.7. The van der Waals surface area contributed by atoms with Gasteiger partial charge in [-0.05, 0) is 25.0 Å². The van der Waals surface area contributed by atoms with Crippen molar-refractivity contribution in [3.8, 4) is 11.5 Å². The van der Waals surface area contributed by atoms with E-state index < -0.39 is 5.41 Å². The highest BCUT2D eigenvalue weighted by molar-refractivity contribution is 5.95. The van der Waals surface area contributed by atoms with Crippen LogP contribution in [0.2, 0.25) is 0 Å². The van der Waals surface area contributed by atoms with Gasteiger partial charge in [-0.25, -0.2) is 0 Å². The van der Waals surface area contributed by atoms with Gasteiger partial charge in [-0.2, -0.15) is 0 Å². The molecule has 1 aliphatic heterocycles. The Labute approximate surface area is 149 Å². The predicted octanol–water partition coefficient (Wildman–Crippen LogP) is 2.93. The van der Waals surface area contributed by atoms with E-state index in [1.54, 1.807) is 37.3 Å². The molecule has 2 amide bonds. The van der Waals surface area contributed by atoms with Crippen molar-refractivity contribution < 1.29 is 19.1 Å². The number of rotatable bonds is 4. The van der Waals surface area contributed by atoms with E-state index in [0.717, 1.165) is 12.8 Å². The number of nitrogens with one attached hydrogen (secondary N) is 1. The molecule has 138 valence electrons. The molecule has 1 saturated heterocycles. The van der Waals surface area contributed by atoms with Gasteiger partial charge in [-0.15, -0.1) is 0 Å². The van der Waals surface area contributed by atoms with E-state index in [9.17, 15) is 9.59 Å². The van der Waals surface area contributed by atoms with Crippen molar-refractivity contribution in [3.63, 3.8) is 0 Å². The van der Waals surface area contributed by atoms with Gasteiger partial charge >= 0.3 is 0 Å². The van der Waals surface area contributed by atoms with Crippen LogP contribution in [0.25, 0.3) is 0 Å². The summed E-state index contributed by atoms with van der Waals surface area (Å²) in [6.07, 6.45) is 1.60. The first-order valence-corrected chi connectivity index (χ1v) is 8.58. The lowest BCUT2D eigenvalue weighted by Crippen LogP contribution is -2.47. The van der Waals surface area contributed by atoms with Crippen molar-refractivity contribution in [2.24, 2.45) is 11.3 Å². The number of likely N-dealkylation sites (tertiary alicyclic amines) is 1. The topological polar surface area (TPSA) is 67.9 Å². The molecule has 1 atom stereocenters. The molecular weight excluding hydrogens is 320 g/mol. The number of carbonyl (C=O) groups excluding carboxylic acids is 2. The number of nitrogens with zero attached hydrogens (tertiary/aromatic N) is 1. The number of piperidine rings is 1. The molecule has 0 aliphatic carbocycles. The zero-order chi connectivity index (χ0) is 18.6. The van der Waals surface area contributed by atoms with Crippen LogP contribution in [0.15, 0.2) is 18.2 Å². The third-order valence-corrected chi connectivity index (χ3v) is 4.39. The predicted molar refractivity (Wildman–Crippen MR) is 96.9 cm³/mol. The summed E-state index contributed by atoms with van der Waals surface area (Å²) in [6.45, 7) is 6.87. The zero-order valence-corrected chi connectivity index (χ0v) is 15.7. The summed E-state index contributed by atoms with van der Waals surface area (Å²) in [5.74, 6) is 0.981. The van der Waals surface area contributed by atoms with Crippen LogP contribution in [0.5, 0.6) is 11.5 Å². The maximum Gasteiger partial charge on any atom is 0.229 e. The molecule has 0 bridgehead atoms. The monoisotopic (exact) mass is 348 g/mol. The van der Waals surface area contributed by atoms with E-state index in [4.69, 9.17) is 9.47 Å². The molecule has 1 unspecified atom stereocenters. The van der Waals surface area contributed by atoms with Crippen LogP contribution in [0.3, 0.4) is 0 Å². The molecule has 1 heterocycles. The van der Waals surface area contributed by atoms with E-state index in [1.165, 1.54) is 0 Å². The summed E-state index contributed by atoms with van der Waals surface area (Å²) in [5.41, 5.74) is 0.139. The van der Waals surface area contributed by atoms with Crippen molar-refractivity contribution in [2.75, 3.05) is 32.6 Å². The van der Waals surface area contributed by atoms with Crippen molar-refractivity contribution in [3.05, 3.63) is 18.2 Å². The molecule has 0 aromatic heterocycles. The van der Waals surface area contributed by atoms with Crippen LogP contribution < -0.4 is 14.8 Å². The highest BCUT2D eigenvalue weighted by Crippen LogP contribution is 2.30. The molecule has 0 spiro atoms. The number of hydrogen-bond acceptors (Lipinski definition) is 4. The van der Waals surface area contributed by atoms with Gasteiger partial charge < -0.3 is 19.7 Å². The summed E-state index contributed by atoms with van der Waals surface area (Å²) in [6, 6.07) is 5.27. The number of benzene rings is 1. The Morgan fingerprint density at radius 2 is 1.92 bits per heavy atom. The van der Waals surface area contributed by atoms with E-state index in [-0.39, 0.29) is 17.7 Å². The van der Waals surface area contributed by atoms with E-state index >= 15 is 0 Å². The van der Waals surface area contributed by atoms with Gasteiger partial charge in [-0.3, -0.25) is 9.59 Å². The minimum absolute atomic E-state index is 0.0870. The quantitative estimate of drug-likeness (QED) is 0.908. The fourth-order valence-corrected chi connectivity index (χ4v) is 3.00. The highest BCUT2D eigenvalue weighted by atomic mass is 16.5. The molecule has 6 heteroatoms. The summed E-state index contributed by atoms with van der Waals surface area (Å²) < 4.78 is 10.5. The van der Waals surface area contributed by atoms with Crippen LogP contribution >= 0.6 is 0 Å². The second-order valence-electron chi connectivity index (χ2n) is 7.40. The first-order valence-electron chi connectivity index (χ1n) is 8.58. The maximum atomic E-state index is 12.7. The second-order valence-corrected chi connectivity index (χ2v) is 7.40. The van der Waals surface area contributed by atoms with Gasteiger partial charge in [0.2, 0.25) is 11.8 Å². The average molecular weight is 348 g/mol. The number of anilines is 1. The first kappa shape index (κ1) is 19.1. The lowest BCUT2D eigenvalue weighted by atomic mass is 9.91. The zero-order valence-electron chi connectivity index (χ0n) is 15.7. The molecule has 0 radical (unpaired) electrons. The van der Waals surface area contributed by atoms with Gasteiger partial charge in [0.15, 0.2) is 0 Å². The largest absolute Gasteiger partial charge is 0.497 e. The number of methoxy groups -OCH3 is 2. The molecule has 2 rings (SSSR count). The minimum atomic E-state index is -0.436. The standard InChI is InChI=1S/C19H28N2O4/c1-19(2,3)18(23)21-10-6-7-13(12-21)17(22)20-15-11-14(24-4)8-9-16(15)25-5/h8-9,11,13H,6-7,10,12H2,1-5H3,(H,20,22). The van der Waals surface area contributed by atoms with E-state index in [2.05, 4.69) is 5.32 Å². The lowest BCUT2D eigenvalue weighted by Gasteiger charge is -2.35. The van der Waals surface area contributed by atoms with Crippen LogP contribution in [0, 0.1) is 11.3 Å². The smallest absolute Gasteiger partial charge is 0.229 e. The van der Waals surface area contributed by atoms with Crippen LogP contribution in [0.4, 0.5) is 5.69 Å². The van der Waals surface area contributed by atoms with E-state index in [1.807, 2.05) is 20.8 Å². The van der Waals surface area contributed by atoms with Gasteiger partial charge in [0.25, 0.3) is 0 Å². The fraction of sp³-hybridized carbons (Fsp3) is 0.579. The number of amides is 2. The van der Waals surface area contributed by atoms with Gasteiger partial charge in [0.1, 0.15) is 11.5 Å². The average Bonchev–Trinajstić information content (AvgIpc) is 2.60. The second kappa shape index (κ2) is 7.76. The highest BCUT2D eigenvalue weighted by Gasteiger charge is 2.33. The third kappa shape index (κ3) is 4.65. The fourth-order valence-electron chi connectivity index (χ4n) is 3.00. The first-order chi connectivity index (χ1) is 11.8. The number of hydrogen-bond donors (Lipinski definition) is 1. The van der Waals surface area contributed by atoms with Gasteiger partial charge in [-0.1, -0.05) is 20.8 Å². The number of ether oxygens (including phenoxy) is 2. The van der Waals surface area contributed by atoms with E-state index in [0.29, 0.717) is 30.3 Å². The Hall–Kier alpha value is -2.24. The Kier molecular flexibility index (Phi) is 5.93. The molecule has 1 fully saturated rings. The molecular formula is C19H28N2O4. The van der Waals surface area contributed by atoms with Crippen LogP contribution in [0.1, 0.15) is 33.6 Å². The third-order valence-electron chi connectivity index (χ3n) is 4.39. The van der Waals surface area contributed by atoms with Crippen molar-refractivity contribution in [2.45, 2.75) is 33.6 Å². The summed E-state index contributed by atoms with van der Waals surface area (Å²) in [4.78, 5) is 27.0. The Morgan fingerprint density at radius 3 is 2.52 bits per heavy atom. The Morgan fingerprint density at radius 1 is 1.20 bits per heavy atom. The SMILES string of the molecule is COc1ccc(OC)c(NC(=O)C2CCCN(C(=O)C(C)(C)C)C2)c1. The van der Waals surface area contributed by atoms with Crippen molar-refractivity contribution >= 4 is 17.5 Å². The summed E-state index contributed by atoms with van der Waals surface area (Å²) >= 11 is 0. The molecule has 0 saturated carbocycles. The lowest BCUT2D eigenvalue weighted by molar-refractivity contribution is -0.142. The normalized spacial score (nSPS) is 17.8. The molecule has 6 nitrogen and oxygen atoms in total. The number of carbonyl (C=O) groups is 2. The van der Waals surface area contributed by atoms with Crippen molar-refractivity contribution in [1.82, 2.24) is 4.90 Å². The molecule has 1 aromatic carbocycles. The van der Waals surface area contributed by atoms with Gasteiger partial charge in [0, 0.05) is 24.6 Å². The Balaban J connectivity index is 2.09. The molecule has 1 aromatic rings. The van der Waals surface area contributed by atoms with Crippen LogP contribution in [-0.4, -0.2) is 44.0 Å².